The molecule has 0 saturated carbocycles. The molecule has 3 rings (SSSR count). The van der Waals surface area contributed by atoms with E-state index in [0.717, 1.165) is 5.39 Å². The molecule has 1 atom stereocenters. The molecule has 160 valence electrons. The summed E-state index contributed by atoms with van der Waals surface area (Å²) < 4.78 is 37.3. The summed E-state index contributed by atoms with van der Waals surface area (Å²) >= 11 is 7.51. The molecule has 1 amide bonds. The van der Waals surface area contributed by atoms with E-state index < -0.39 is 24.7 Å². The third-order valence-corrected chi connectivity index (χ3v) is 4.96. The fourth-order valence-corrected chi connectivity index (χ4v) is 3.35. The summed E-state index contributed by atoms with van der Waals surface area (Å²) in [5.41, 5.74) is 1.27. The zero-order valence-electron chi connectivity index (χ0n) is 15.8. The topological polar surface area (TPSA) is 95.6 Å². The number of pyridine rings is 1. The van der Waals surface area contributed by atoms with Gasteiger partial charge in [0, 0.05) is 29.5 Å². The molecule has 0 spiro atoms. The largest absolute Gasteiger partial charge is 0.405 e. The number of aromatic nitrogens is 4. The Balaban J connectivity index is 1.82. The van der Waals surface area contributed by atoms with Crippen LogP contribution in [-0.4, -0.2) is 56.6 Å². The molecule has 0 aromatic carbocycles. The predicted octanol–water partition coefficient (Wildman–Crippen LogP) is 3.89. The normalized spacial score (nSPS) is 12.7. The van der Waals surface area contributed by atoms with Gasteiger partial charge in [-0.15, -0.1) is 0 Å². The standard InChI is InChI=1S/C18H18ClF3N6OS/c1-30-5-3-13(17(29)26-9-18(20,21)22)27-14-2-4-23-16(28-14)12-8-25-15-11(12)6-10(19)7-24-15/h2,4,6-8,13H,3,5,9H2,1H3,(H,24,25)(H,26,29)(H,23,27,28)/t13-/m1/s1. The number of carbonyl (C=O) groups is 1. The number of nitrogens with zero attached hydrogens (tertiary/aromatic N) is 3. The van der Waals surface area contributed by atoms with Gasteiger partial charge in [0.1, 0.15) is 24.1 Å². The Kier molecular flexibility index (Phi) is 7.03. The zero-order chi connectivity index (χ0) is 21.7. The third-order valence-electron chi connectivity index (χ3n) is 4.11. The van der Waals surface area contributed by atoms with Crippen molar-refractivity contribution in [1.29, 1.82) is 0 Å². The number of alkyl halides is 3. The molecule has 0 fully saturated rings. The number of H-pyrrole nitrogens is 1. The molecule has 30 heavy (non-hydrogen) atoms. The van der Waals surface area contributed by atoms with E-state index in [1.165, 1.54) is 24.2 Å². The summed E-state index contributed by atoms with van der Waals surface area (Å²) in [6.07, 6.45) is 2.40. The van der Waals surface area contributed by atoms with Gasteiger partial charge >= 0.3 is 6.18 Å². The Morgan fingerprint density at radius 1 is 1.37 bits per heavy atom. The van der Waals surface area contributed by atoms with Crippen LogP contribution in [0.5, 0.6) is 0 Å². The van der Waals surface area contributed by atoms with Crippen LogP contribution in [0, 0.1) is 0 Å². The summed E-state index contributed by atoms with van der Waals surface area (Å²) in [6, 6.07) is 2.40. The van der Waals surface area contributed by atoms with E-state index in [9.17, 15) is 18.0 Å². The predicted molar refractivity (Wildman–Crippen MR) is 112 cm³/mol. The second-order valence-corrected chi connectivity index (χ2v) is 7.75. The van der Waals surface area contributed by atoms with Crippen molar-refractivity contribution in [3.05, 3.63) is 35.7 Å². The number of amides is 1. The van der Waals surface area contributed by atoms with E-state index in [1.54, 1.807) is 18.3 Å². The van der Waals surface area contributed by atoms with Gasteiger partial charge in [-0.2, -0.15) is 24.9 Å². The Morgan fingerprint density at radius 2 is 2.17 bits per heavy atom. The van der Waals surface area contributed by atoms with E-state index in [-0.39, 0.29) is 0 Å². The lowest BCUT2D eigenvalue weighted by molar-refractivity contribution is -0.138. The lowest BCUT2D eigenvalue weighted by Crippen LogP contribution is -2.44. The highest BCUT2D eigenvalue weighted by Crippen LogP contribution is 2.27. The maximum absolute atomic E-state index is 12.4. The highest BCUT2D eigenvalue weighted by atomic mass is 35.5. The molecule has 0 aliphatic rings. The lowest BCUT2D eigenvalue weighted by atomic mass is 10.2. The molecule has 7 nitrogen and oxygen atoms in total. The molecule has 0 bridgehead atoms. The van der Waals surface area contributed by atoms with E-state index in [2.05, 4.69) is 25.3 Å². The number of thioether (sulfide) groups is 1. The van der Waals surface area contributed by atoms with Crippen molar-refractivity contribution in [3.8, 4) is 11.4 Å². The second-order valence-electron chi connectivity index (χ2n) is 6.33. The second kappa shape index (κ2) is 9.52. The fraction of sp³-hybridized carbons (Fsp3) is 0.333. The Morgan fingerprint density at radius 3 is 2.90 bits per heavy atom. The molecular formula is C18H18ClF3N6OS. The van der Waals surface area contributed by atoms with Crippen LogP contribution in [0.1, 0.15) is 6.42 Å². The number of aromatic amines is 1. The average Bonchev–Trinajstić information content (AvgIpc) is 3.12. The van der Waals surface area contributed by atoms with Gasteiger partial charge in [-0.05, 0) is 30.6 Å². The molecule has 0 unspecified atom stereocenters. The monoisotopic (exact) mass is 458 g/mol. The Bertz CT molecular complexity index is 1030. The Hall–Kier alpha value is -2.53. The van der Waals surface area contributed by atoms with Gasteiger partial charge in [0.15, 0.2) is 5.82 Å². The minimum absolute atomic E-state index is 0.317. The van der Waals surface area contributed by atoms with Crippen LogP contribution < -0.4 is 10.6 Å². The van der Waals surface area contributed by atoms with Crippen molar-refractivity contribution >= 4 is 46.1 Å². The van der Waals surface area contributed by atoms with Crippen molar-refractivity contribution < 1.29 is 18.0 Å². The number of fused-ring (bicyclic) bond motifs is 1. The first-order chi connectivity index (χ1) is 14.3. The van der Waals surface area contributed by atoms with Gasteiger partial charge in [-0.3, -0.25) is 4.79 Å². The molecule has 3 heterocycles. The summed E-state index contributed by atoms with van der Waals surface area (Å²) in [5.74, 6) is 0.513. The van der Waals surface area contributed by atoms with Crippen LogP contribution in [0.4, 0.5) is 19.0 Å². The molecule has 12 heteroatoms. The summed E-state index contributed by atoms with van der Waals surface area (Å²) in [5, 5.41) is 6.01. The lowest BCUT2D eigenvalue weighted by Gasteiger charge is -2.19. The number of nitrogens with one attached hydrogen (secondary N) is 3. The highest BCUT2D eigenvalue weighted by molar-refractivity contribution is 7.98. The van der Waals surface area contributed by atoms with E-state index in [1.807, 2.05) is 11.6 Å². The van der Waals surface area contributed by atoms with Crippen LogP contribution >= 0.6 is 23.4 Å². The summed E-state index contributed by atoms with van der Waals surface area (Å²) in [6.45, 7) is -1.39. The number of anilines is 1. The molecule has 3 aromatic heterocycles. The number of hydrogen-bond donors (Lipinski definition) is 3. The minimum atomic E-state index is -4.48. The molecule has 3 aromatic rings. The third kappa shape index (κ3) is 5.76. The van der Waals surface area contributed by atoms with Crippen molar-refractivity contribution in [1.82, 2.24) is 25.3 Å². The number of hydrogen-bond acceptors (Lipinski definition) is 6. The molecule has 0 saturated heterocycles. The maximum atomic E-state index is 12.4. The minimum Gasteiger partial charge on any atom is -0.358 e. The van der Waals surface area contributed by atoms with Gasteiger partial charge in [-0.25, -0.2) is 15.0 Å². The average molecular weight is 459 g/mol. The van der Waals surface area contributed by atoms with Gasteiger partial charge < -0.3 is 15.6 Å². The molecular weight excluding hydrogens is 441 g/mol. The van der Waals surface area contributed by atoms with Crippen molar-refractivity contribution in [2.45, 2.75) is 18.6 Å². The van der Waals surface area contributed by atoms with Gasteiger partial charge in [-0.1, -0.05) is 11.6 Å². The van der Waals surface area contributed by atoms with Crippen LogP contribution in [0.2, 0.25) is 5.02 Å². The molecule has 3 N–H and O–H groups in total. The van der Waals surface area contributed by atoms with Crippen LogP contribution in [-0.2, 0) is 4.79 Å². The number of halogens is 4. The summed E-state index contributed by atoms with van der Waals surface area (Å²) in [7, 11) is 0. The zero-order valence-corrected chi connectivity index (χ0v) is 17.3. The van der Waals surface area contributed by atoms with Crippen LogP contribution in [0.3, 0.4) is 0 Å². The first-order valence-electron chi connectivity index (χ1n) is 8.83. The molecule has 0 radical (unpaired) electrons. The fourth-order valence-electron chi connectivity index (χ4n) is 2.73. The van der Waals surface area contributed by atoms with E-state index in [4.69, 9.17) is 11.6 Å². The van der Waals surface area contributed by atoms with Crippen molar-refractivity contribution in [2.75, 3.05) is 23.9 Å². The number of rotatable bonds is 8. The van der Waals surface area contributed by atoms with Crippen LogP contribution in [0.25, 0.3) is 22.4 Å². The first kappa shape index (κ1) is 22.2. The summed E-state index contributed by atoms with van der Waals surface area (Å²) in [4.78, 5) is 28.1. The first-order valence-corrected chi connectivity index (χ1v) is 10.6. The van der Waals surface area contributed by atoms with Gasteiger partial charge in [0.05, 0.1) is 5.02 Å². The highest BCUT2D eigenvalue weighted by Gasteiger charge is 2.29. The van der Waals surface area contributed by atoms with E-state index >= 15 is 0 Å². The maximum Gasteiger partial charge on any atom is 0.405 e. The Labute approximate surface area is 179 Å². The SMILES string of the molecule is CSCC[C@@H](Nc1ccnc(-c2c[nH]c3ncc(Cl)cc23)n1)C(=O)NCC(F)(F)F. The van der Waals surface area contributed by atoms with Crippen molar-refractivity contribution in [3.63, 3.8) is 0 Å². The van der Waals surface area contributed by atoms with Gasteiger partial charge in [0.25, 0.3) is 0 Å². The number of carbonyl (C=O) groups excluding carboxylic acids is 1. The quantitative estimate of drug-likeness (QED) is 0.474. The van der Waals surface area contributed by atoms with Crippen molar-refractivity contribution in [2.24, 2.45) is 0 Å². The smallest absolute Gasteiger partial charge is 0.358 e. The molecule has 0 aliphatic carbocycles. The van der Waals surface area contributed by atoms with Gasteiger partial charge in [0.2, 0.25) is 5.91 Å². The molecule has 0 aliphatic heterocycles. The van der Waals surface area contributed by atoms with E-state index in [0.29, 0.717) is 40.0 Å². The van der Waals surface area contributed by atoms with Crippen LogP contribution in [0.15, 0.2) is 30.7 Å².